The number of H-pyrrole nitrogens is 1. The van der Waals surface area contributed by atoms with Crippen molar-refractivity contribution in [1.82, 2.24) is 14.8 Å². The van der Waals surface area contributed by atoms with Crippen molar-refractivity contribution in [2.24, 2.45) is 0 Å². The summed E-state index contributed by atoms with van der Waals surface area (Å²) in [6.07, 6.45) is 0. The quantitative estimate of drug-likeness (QED) is 0.780. The molecule has 0 amide bonds. The Kier molecular flexibility index (Phi) is 3.54. The first kappa shape index (κ1) is 14.5. The molecule has 2 aromatic heterocycles. The van der Waals surface area contributed by atoms with Crippen LogP contribution in [-0.2, 0) is 13.2 Å². The molecule has 0 aliphatic rings. The van der Waals surface area contributed by atoms with Crippen molar-refractivity contribution in [3.8, 4) is 11.3 Å². The summed E-state index contributed by atoms with van der Waals surface area (Å²) in [7, 11) is 0. The van der Waals surface area contributed by atoms with Gasteiger partial charge in [0.15, 0.2) is 0 Å². The molecule has 0 saturated carbocycles. The van der Waals surface area contributed by atoms with Gasteiger partial charge in [-0.25, -0.2) is 9.07 Å². The van der Waals surface area contributed by atoms with Crippen molar-refractivity contribution in [3.63, 3.8) is 0 Å². The number of nitrogens with one attached hydrogen (secondary N) is 1. The molecule has 0 spiro atoms. The average molecular weight is 301 g/mol. The molecular weight excluding hydrogens is 285 g/mol. The summed E-state index contributed by atoms with van der Waals surface area (Å²) in [6, 6.07) is 5.98. The summed E-state index contributed by atoms with van der Waals surface area (Å²) in [5, 5.41) is 14.5. The molecule has 1 aromatic carbocycles. The molecule has 0 bridgehead atoms. The van der Waals surface area contributed by atoms with E-state index < -0.39 is 0 Å². The molecule has 0 unspecified atom stereocenters. The van der Waals surface area contributed by atoms with Crippen LogP contribution in [0.3, 0.4) is 0 Å². The first-order valence-corrected chi connectivity index (χ1v) is 7.05. The fourth-order valence-corrected chi connectivity index (χ4v) is 2.63. The minimum Gasteiger partial charge on any atom is -0.390 e. The number of hydrogen-bond acceptors (Lipinski definition) is 3. The van der Waals surface area contributed by atoms with Crippen molar-refractivity contribution in [2.45, 2.75) is 27.0 Å². The minimum atomic E-state index is -0.328. The smallest absolute Gasteiger partial charge is 0.291 e. The first-order valence-electron chi connectivity index (χ1n) is 7.05. The highest BCUT2D eigenvalue weighted by Crippen LogP contribution is 2.29. The van der Waals surface area contributed by atoms with Gasteiger partial charge in [-0.2, -0.15) is 5.10 Å². The van der Waals surface area contributed by atoms with Crippen LogP contribution in [0.25, 0.3) is 22.2 Å². The van der Waals surface area contributed by atoms with Crippen molar-refractivity contribution in [2.75, 3.05) is 0 Å². The highest BCUT2D eigenvalue weighted by atomic mass is 19.1. The van der Waals surface area contributed by atoms with E-state index in [1.54, 1.807) is 12.1 Å². The van der Waals surface area contributed by atoms with E-state index in [0.29, 0.717) is 28.8 Å². The molecule has 0 aliphatic heterocycles. The number of nitrogens with zero attached hydrogens (tertiary/aromatic N) is 2. The number of hydrogen-bond donors (Lipinski definition) is 2. The first-order chi connectivity index (χ1) is 10.6. The van der Waals surface area contributed by atoms with Crippen LogP contribution in [-0.4, -0.2) is 19.9 Å². The highest BCUT2D eigenvalue weighted by molar-refractivity contribution is 5.95. The van der Waals surface area contributed by atoms with Crippen molar-refractivity contribution < 1.29 is 9.50 Å². The Hall–Kier alpha value is -2.47. The second-order valence-corrected chi connectivity index (χ2v) is 5.11. The lowest BCUT2D eigenvalue weighted by Crippen LogP contribution is -2.23. The molecule has 6 heteroatoms. The molecule has 0 atom stereocenters. The van der Waals surface area contributed by atoms with Gasteiger partial charge in [-0.05, 0) is 43.7 Å². The topological polar surface area (TPSA) is 70.9 Å². The molecule has 22 heavy (non-hydrogen) atoms. The molecule has 3 aromatic rings. The second kappa shape index (κ2) is 5.38. The molecule has 0 radical (unpaired) electrons. The second-order valence-electron chi connectivity index (χ2n) is 5.11. The number of aliphatic hydroxyl groups excluding tert-OH is 1. The van der Waals surface area contributed by atoms with Gasteiger partial charge in [0.05, 0.1) is 6.61 Å². The third-order valence-electron chi connectivity index (χ3n) is 3.83. The predicted octanol–water partition coefficient (Wildman–Crippen LogP) is 2.35. The summed E-state index contributed by atoms with van der Waals surface area (Å²) in [5.74, 6) is -0.328. The van der Waals surface area contributed by atoms with Crippen LogP contribution in [0.15, 0.2) is 29.1 Å². The maximum absolute atomic E-state index is 13.1. The summed E-state index contributed by atoms with van der Waals surface area (Å²) in [6.45, 7) is 3.90. The number of aryl methyl sites for hydroxylation is 2. The number of benzene rings is 1. The predicted molar refractivity (Wildman–Crippen MR) is 82.1 cm³/mol. The van der Waals surface area contributed by atoms with Crippen LogP contribution < -0.4 is 5.56 Å². The number of aromatic nitrogens is 3. The van der Waals surface area contributed by atoms with Crippen molar-refractivity contribution in [3.05, 3.63) is 51.7 Å². The lowest BCUT2D eigenvalue weighted by molar-refractivity contribution is 0.277. The van der Waals surface area contributed by atoms with E-state index in [-0.39, 0.29) is 18.0 Å². The van der Waals surface area contributed by atoms with E-state index in [9.17, 15) is 14.3 Å². The van der Waals surface area contributed by atoms with E-state index in [2.05, 4.69) is 10.1 Å². The van der Waals surface area contributed by atoms with Crippen LogP contribution in [0.5, 0.6) is 0 Å². The molecule has 0 saturated heterocycles. The number of aromatic amines is 1. The summed E-state index contributed by atoms with van der Waals surface area (Å²) < 4.78 is 14.5. The maximum atomic E-state index is 13.1. The third kappa shape index (κ3) is 2.12. The average Bonchev–Trinajstić information content (AvgIpc) is 2.87. The lowest BCUT2D eigenvalue weighted by atomic mass is 10.1. The zero-order chi connectivity index (χ0) is 15.9. The molecule has 2 heterocycles. The highest BCUT2D eigenvalue weighted by Gasteiger charge is 2.18. The van der Waals surface area contributed by atoms with E-state index in [0.717, 1.165) is 11.1 Å². The molecule has 2 N–H and O–H groups in total. The molecular formula is C16H16FN3O2. The summed E-state index contributed by atoms with van der Waals surface area (Å²) in [4.78, 5) is 15.4. The molecule has 0 aliphatic carbocycles. The van der Waals surface area contributed by atoms with E-state index in [1.807, 2.05) is 13.8 Å². The van der Waals surface area contributed by atoms with Gasteiger partial charge in [0.1, 0.15) is 17.0 Å². The van der Waals surface area contributed by atoms with Crippen LogP contribution in [0.4, 0.5) is 4.39 Å². The van der Waals surface area contributed by atoms with E-state index in [4.69, 9.17) is 0 Å². The van der Waals surface area contributed by atoms with Gasteiger partial charge < -0.3 is 10.1 Å². The van der Waals surface area contributed by atoms with Crippen LogP contribution in [0.1, 0.15) is 18.2 Å². The number of fused-ring (bicyclic) bond motifs is 1. The van der Waals surface area contributed by atoms with Crippen molar-refractivity contribution >= 4 is 10.9 Å². The number of rotatable bonds is 3. The SMILES string of the molecule is CCn1nc(-c2ccc(F)cc2)c2c(C)c(CO)[nH]c2c1=O. The maximum Gasteiger partial charge on any atom is 0.291 e. The monoisotopic (exact) mass is 301 g/mol. The van der Waals surface area contributed by atoms with Gasteiger partial charge in [-0.3, -0.25) is 4.79 Å². The fraction of sp³-hybridized carbons (Fsp3) is 0.250. The summed E-state index contributed by atoms with van der Waals surface area (Å²) >= 11 is 0. The van der Waals surface area contributed by atoms with Crippen LogP contribution in [0, 0.1) is 12.7 Å². The van der Waals surface area contributed by atoms with Crippen molar-refractivity contribution in [1.29, 1.82) is 0 Å². The Balaban J connectivity index is 2.42. The Bertz CT molecular complexity index is 894. The van der Waals surface area contributed by atoms with Gasteiger partial charge >= 0.3 is 0 Å². The zero-order valence-corrected chi connectivity index (χ0v) is 12.4. The molecule has 114 valence electrons. The van der Waals surface area contributed by atoms with E-state index >= 15 is 0 Å². The standard InChI is InChI=1S/C16H16FN3O2/c1-3-20-16(22)15-13(9(2)12(8-21)18-15)14(19-20)10-4-6-11(17)7-5-10/h4-7,18,21H,3,8H2,1-2H3. The zero-order valence-electron chi connectivity index (χ0n) is 12.4. The largest absolute Gasteiger partial charge is 0.390 e. The minimum absolute atomic E-state index is 0.186. The van der Waals surface area contributed by atoms with E-state index in [1.165, 1.54) is 16.8 Å². The Morgan fingerprint density at radius 3 is 2.59 bits per heavy atom. The Morgan fingerprint density at radius 2 is 2.00 bits per heavy atom. The van der Waals surface area contributed by atoms with Crippen LogP contribution >= 0.6 is 0 Å². The Morgan fingerprint density at radius 1 is 1.32 bits per heavy atom. The number of halogens is 1. The van der Waals surface area contributed by atoms with Gasteiger partial charge in [0.25, 0.3) is 5.56 Å². The van der Waals surface area contributed by atoms with Gasteiger partial charge in [-0.15, -0.1) is 0 Å². The number of aliphatic hydroxyl groups is 1. The summed E-state index contributed by atoms with van der Waals surface area (Å²) in [5.41, 5.74) is 2.88. The van der Waals surface area contributed by atoms with Crippen LogP contribution in [0.2, 0.25) is 0 Å². The molecule has 0 fully saturated rings. The van der Waals surface area contributed by atoms with Gasteiger partial charge in [0.2, 0.25) is 0 Å². The van der Waals surface area contributed by atoms with Gasteiger partial charge in [0, 0.05) is 23.2 Å². The third-order valence-corrected chi connectivity index (χ3v) is 3.83. The molecule has 3 rings (SSSR count). The fourth-order valence-electron chi connectivity index (χ4n) is 2.63. The normalized spacial score (nSPS) is 11.3. The van der Waals surface area contributed by atoms with Gasteiger partial charge in [-0.1, -0.05) is 0 Å². The lowest BCUT2D eigenvalue weighted by Gasteiger charge is -2.08. The molecule has 5 nitrogen and oxygen atoms in total. The Labute approximate surface area is 126 Å².